The minimum atomic E-state index is -1.79. The lowest BCUT2D eigenvalue weighted by Crippen LogP contribution is -2.56. The number of ketones is 1. The molecule has 4 aliphatic heterocycles. The average Bonchev–Trinajstić information content (AvgIpc) is 0.837. The van der Waals surface area contributed by atoms with E-state index in [2.05, 4.69) is 16.0 Å². The quantitative estimate of drug-likeness (QED) is 0.0269. The first kappa shape index (κ1) is 126. The van der Waals surface area contributed by atoms with Crippen molar-refractivity contribution in [1.82, 2.24) is 114 Å². The molecule has 7 amide bonds. The van der Waals surface area contributed by atoms with E-state index < -0.39 is 312 Å². The predicted octanol–water partition coefficient (Wildman–Crippen LogP) is -9.48. The maximum atomic E-state index is 15.3. The molecule has 4 fully saturated rings. The van der Waals surface area contributed by atoms with Crippen LogP contribution in [0.25, 0.3) is 0 Å². The highest BCUT2D eigenvalue weighted by Crippen LogP contribution is 2.25. The Hall–Kier alpha value is -11.0. The molecule has 55 nitrogen and oxygen atoms in total. The summed E-state index contributed by atoms with van der Waals surface area (Å²) < 4.78 is 0. The fourth-order valence-electron chi connectivity index (χ4n) is 17.1. The average molecular weight is 2070 g/mol. The smallest absolute Gasteiger partial charge is 0.317 e. The molecule has 0 aromatic carbocycles. The number of nitrogens with one attached hydrogen (secondary N) is 3. The van der Waals surface area contributed by atoms with E-state index in [0.717, 1.165) is 0 Å². The highest BCUT2D eigenvalue weighted by Gasteiger charge is 2.38. The molecular formula is C90H157N23O32. The van der Waals surface area contributed by atoms with Crippen LogP contribution < -0.4 is 16.0 Å². The zero-order chi connectivity index (χ0) is 108. The zero-order valence-corrected chi connectivity index (χ0v) is 85.1. The van der Waals surface area contributed by atoms with Crippen molar-refractivity contribution in [3.05, 3.63) is 0 Å². The van der Waals surface area contributed by atoms with Gasteiger partial charge in [0.1, 0.15) is 0 Å². The minimum absolute atomic E-state index is 0.00958. The van der Waals surface area contributed by atoms with E-state index in [1.54, 1.807) is 134 Å². The van der Waals surface area contributed by atoms with E-state index in [4.69, 9.17) is 0 Å². The van der Waals surface area contributed by atoms with Crippen molar-refractivity contribution in [1.29, 1.82) is 0 Å². The molecule has 824 valence electrons. The standard InChI is InChI=1S/C90H157N23O32/c1-66(2)110(74(118)47-94-11-19-98(51-78(122)123)27-35-106(59-86(138)139)36-28-99(20-12-94)52-79(124)125)43-70(114)9-10-90(63-91-71(115)44-111(67(3)4)75(119)48-95-13-21-100(53-80(126)127)29-37-107(60-87(140)141)38-30-101(22-14-95)54-81(128)129,64-92-72(116)45-112(68(5)6)76(120)49-96-15-23-102(55-82(130)131)31-39-108(61-88(142)143)40-32-103(24-16-96)56-83(132)133)65-93-73(117)46-113(69(7)8)77(121)50-97-17-25-104(57-84(134)135)33-41-109(62-89(144)145)42-34-105(26-18-97)58-85(136)137/h66-69H,9-65H2,1-8H3,(H,91,115)(H,92,116)(H,93,117)(H,122,123)(H,124,125)(H,126,127)(H,128,129)(H,130,131)(H,132,133)(H,134,135)(H,136,137)(H,138,139)(H,140,141)(H,142,143)(H,144,145). The molecule has 55 heteroatoms. The Labute approximate surface area is 844 Å². The van der Waals surface area contributed by atoms with Crippen molar-refractivity contribution in [2.45, 2.75) is 92.4 Å². The van der Waals surface area contributed by atoms with Crippen LogP contribution in [-0.2, 0) is 95.9 Å². The number of hydrogen-bond acceptors (Lipinski definition) is 36. The Morgan fingerprint density at radius 1 is 0.200 bits per heavy atom. The van der Waals surface area contributed by atoms with Crippen molar-refractivity contribution >= 4 is 119 Å². The largest absolute Gasteiger partial charge is 0.480 e. The lowest BCUT2D eigenvalue weighted by Gasteiger charge is -2.37. The van der Waals surface area contributed by atoms with Crippen LogP contribution in [-0.4, -0.2) is 662 Å². The summed E-state index contributed by atoms with van der Waals surface area (Å²) in [7, 11) is 0. The zero-order valence-electron chi connectivity index (χ0n) is 85.1. The van der Waals surface area contributed by atoms with Crippen molar-refractivity contribution in [2.75, 3.05) is 360 Å². The third-order valence-electron chi connectivity index (χ3n) is 25.4. The summed E-state index contributed by atoms with van der Waals surface area (Å²) in [6.45, 7) is 2.51. The topological polar surface area (TPSA) is 685 Å². The summed E-state index contributed by atoms with van der Waals surface area (Å²) in [4.78, 5) is 297. The van der Waals surface area contributed by atoms with Crippen LogP contribution in [0.4, 0.5) is 0 Å². The molecule has 0 aromatic rings. The maximum Gasteiger partial charge on any atom is 0.317 e. The van der Waals surface area contributed by atoms with Crippen LogP contribution in [0.2, 0.25) is 0 Å². The Balaban J connectivity index is 1.94. The van der Waals surface area contributed by atoms with Gasteiger partial charge in [0.2, 0.25) is 41.4 Å². The molecule has 4 saturated heterocycles. The highest BCUT2D eigenvalue weighted by atomic mass is 16.4. The maximum absolute atomic E-state index is 15.3. The van der Waals surface area contributed by atoms with Crippen molar-refractivity contribution in [3.8, 4) is 0 Å². The van der Waals surface area contributed by atoms with E-state index in [1.165, 1.54) is 19.6 Å². The molecular weight excluding hydrogens is 1920 g/mol. The van der Waals surface area contributed by atoms with Crippen LogP contribution in [0.5, 0.6) is 0 Å². The molecule has 0 saturated carbocycles. The monoisotopic (exact) mass is 2070 g/mol. The van der Waals surface area contributed by atoms with E-state index in [9.17, 15) is 119 Å². The first-order chi connectivity index (χ1) is 68.2. The fraction of sp³-hybridized carbons (Fsp3) is 0.778. The number of rotatable bonds is 53. The predicted molar refractivity (Wildman–Crippen MR) is 518 cm³/mol. The van der Waals surface area contributed by atoms with Crippen molar-refractivity contribution < 1.29 is 157 Å². The number of carbonyl (C=O) groups is 20. The van der Waals surface area contributed by atoms with Crippen LogP contribution in [0, 0.1) is 5.41 Å². The van der Waals surface area contributed by atoms with Gasteiger partial charge in [-0.15, -0.1) is 0 Å². The van der Waals surface area contributed by atoms with Gasteiger partial charge in [-0.2, -0.15) is 0 Å². The van der Waals surface area contributed by atoms with E-state index >= 15 is 38.4 Å². The number of hydrogen-bond donors (Lipinski definition) is 15. The van der Waals surface area contributed by atoms with Crippen LogP contribution >= 0.6 is 0 Å². The second-order valence-corrected chi connectivity index (χ2v) is 38.5. The Bertz CT molecular complexity index is 3590. The number of carbonyl (C=O) groups excluding carboxylic acids is 8. The summed E-state index contributed by atoms with van der Waals surface area (Å²) in [6.07, 6.45) is -0.940. The molecule has 4 heterocycles. The van der Waals surface area contributed by atoms with Gasteiger partial charge in [-0.1, -0.05) is 0 Å². The number of carboxylic acids is 12. The second kappa shape index (κ2) is 66.2. The summed E-state index contributed by atoms with van der Waals surface area (Å²) in [5.41, 5.74) is -1.79. The van der Waals surface area contributed by atoms with Gasteiger partial charge in [0.25, 0.3) is 0 Å². The first-order valence-corrected chi connectivity index (χ1v) is 48.9. The minimum Gasteiger partial charge on any atom is -0.480 e. The molecule has 0 aromatic heterocycles. The molecule has 0 radical (unpaired) electrons. The third-order valence-corrected chi connectivity index (χ3v) is 25.4. The summed E-state index contributed by atoms with van der Waals surface area (Å²) in [5, 5.41) is 127. The number of carboxylic acid groups (broad SMARTS) is 12. The summed E-state index contributed by atoms with van der Waals surface area (Å²) in [5.74, 6) is -20.1. The van der Waals surface area contributed by atoms with Gasteiger partial charge in [-0.3, -0.25) is 174 Å². The highest BCUT2D eigenvalue weighted by molar-refractivity contribution is 5.89. The Morgan fingerprint density at radius 2 is 0.317 bits per heavy atom. The Kier molecular flexibility index (Phi) is 57.7. The normalized spacial score (nSPS) is 18.2. The SMILES string of the molecule is CC(C)N(CC(=O)CCC(CNC(=O)CN(C(=O)CN1CCN(CC(=O)O)CCN(CC(=O)O)CCN(CC(=O)O)CC1)C(C)C)(CNC(=O)CN(C(=O)CN1CCN(CC(=O)O)CCN(CC(=O)O)CCN(CC(=O)O)CC1)C(C)C)CNC(=O)CN(C(=O)CN1CCN(CC(=O)O)CCN(CC(=O)O)CCN(CC(=O)O)CC1)C(C)C)C(=O)CN1CCN(CC(=O)O)CCN(CC(=O)O)CCN(CC(=O)O)CC1. The second-order valence-electron chi connectivity index (χ2n) is 38.5. The van der Waals surface area contributed by atoms with Gasteiger partial charge in [-0.05, 0) is 61.8 Å². The lowest BCUT2D eigenvalue weighted by molar-refractivity contribution is -0.141. The fourth-order valence-corrected chi connectivity index (χ4v) is 17.1. The van der Waals surface area contributed by atoms with E-state index in [0.29, 0.717) is 0 Å². The molecule has 4 rings (SSSR count). The molecule has 145 heavy (non-hydrogen) atoms. The third kappa shape index (κ3) is 54.3. The number of amides is 7. The Morgan fingerprint density at radius 3 is 0.434 bits per heavy atom. The molecule has 4 aliphatic rings. The van der Waals surface area contributed by atoms with Gasteiger partial charge in [0.15, 0.2) is 5.78 Å². The van der Waals surface area contributed by atoms with Crippen LogP contribution in [0.3, 0.4) is 0 Å². The first-order valence-electron chi connectivity index (χ1n) is 48.9. The van der Waals surface area contributed by atoms with Gasteiger partial charge in [0, 0.05) is 265 Å². The molecule has 0 unspecified atom stereocenters. The van der Waals surface area contributed by atoms with Crippen LogP contribution in [0.15, 0.2) is 0 Å². The lowest BCUT2D eigenvalue weighted by atomic mass is 9.81. The van der Waals surface area contributed by atoms with E-state index in [1.807, 2.05) is 0 Å². The molecule has 0 bridgehead atoms. The number of aliphatic carboxylic acids is 12. The van der Waals surface area contributed by atoms with Gasteiger partial charge in [0.05, 0.1) is 131 Å². The number of Topliss-reactive ketones (excluding diaryl/α,β-unsaturated/α-hetero) is 1. The van der Waals surface area contributed by atoms with Gasteiger partial charge >= 0.3 is 71.6 Å². The van der Waals surface area contributed by atoms with Gasteiger partial charge in [-0.25, -0.2) is 0 Å². The van der Waals surface area contributed by atoms with Crippen molar-refractivity contribution in [3.63, 3.8) is 0 Å². The van der Waals surface area contributed by atoms with Crippen LogP contribution in [0.1, 0.15) is 68.2 Å². The molecule has 0 aliphatic carbocycles. The van der Waals surface area contributed by atoms with Crippen molar-refractivity contribution in [2.24, 2.45) is 5.41 Å². The molecule has 15 N–H and O–H groups in total. The molecule has 0 spiro atoms. The summed E-state index contributed by atoms with van der Waals surface area (Å²) in [6, 6.07) is -3.03. The van der Waals surface area contributed by atoms with E-state index in [-0.39, 0.29) is 209 Å². The van der Waals surface area contributed by atoms with Gasteiger partial charge < -0.3 is 96.8 Å². The number of nitrogens with zero attached hydrogens (tertiary/aromatic N) is 20. The summed E-state index contributed by atoms with van der Waals surface area (Å²) >= 11 is 0. The molecule has 0 atom stereocenters.